The van der Waals surface area contributed by atoms with Crippen molar-refractivity contribution in [3.63, 3.8) is 0 Å². The van der Waals surface area contributed by atoms with Gasteiger partial charge in [0.25, 0.3) is 0 Å². The zero-order valence-electron chi connectivity index (χ0n) is 64.1. The molecule has 0 aliphatic heterocycles. The first-order chi connectivity index (χ1) is 47.4. The summed E-state index contributed by atoms with van der Waals surface area (Å²) in [5.41, 5.74) is 0. The summed E-state index contributed by atoms with van der Waals surface area (Å²) in [7, 11) is -9.92. The van der Waals surface area contributed by atoms with Crippen molar-refractivity contribution in [2.45, 2.75) is 432 Å². The SMILES string of the molecule is CCCCCCCCCCCCCCCCCCCCC(=O)O[C@H](COC(=O)CCCCCCCCCCCCCCCCCCC)COP(=O)(O)OC[C@@H](O)COP(=O)(O)OC[C@@H](COC(=O)CCCCCCCCCCC(C)C)OC(=O)CCCCCCCCCCC(C)CC. The molecule has 3 unspecified atom stereocenters. The normalized spacial score (nSPS) is 14.2. The fourth-order valence-electron chi connectivity index (χ4n) is 12.2. The average molecular weight is 1440 g/mol. The smallest absolute Gasteiger partial charge is 0.462 e. The van der Waals surface area contributed by atoms with Crippen molar-refractivity contribution in [3.05, 3.63) is 0 Å². The van der Waals surface area contributed by atoms with Crippen molar-refractivity contribution in [1.29, 1.82) is 0 Å². The average Bonchev–Trinajstić information content (AvgIpc) is 1.22. The molecule has 3 N–H and O–H groups in total. The van der Waals surface area contributed by atoms with E-state index in [4.69, 9.17) is 37.0 Å². The number of aliphatic hydroxyl groups excluding tert-OH is 1. The number of aliphatic hydroxyl groups is 1. The number of carbonyl (C=O) groups is 4. The zero-order valence-corrected chi connectivity index (χ0v) is 65.9. The Balaban J connectivity index is 5.25. The van der Waals surface area contributed by atoms with Crippen LogP contribution in [0.3, 0.4) is 0 Å². The van der Waals surface area contributed by atoms with Crippen molar-refractivity contribution in [2.24, 2.45) is 11.8 Å². The Bertz CT molecular complexity index is 1890. The summed E-state index contributed by atoms with van der Waals surface area (Å²) in [6.45, 7) is 9.58. The second kappa shape index (κ2) is 70.7. The third-order valence-corrected chi connectivity index (χ3v) is 20.7. The number of hydrogen-bond acceptors (Lipinski definition) is 15. The Kier molecular flexibility index (Phi) is 69.3. The van der Waals surface area contributed by atoms with E-state index >= 15 is 0 Å². The molecule has 0 radical (unpaired) electrons. The largest absolute Gasteiger partial charge is 0.472 e. The van der Waals surface area contributed by atoms with E-state index in [-0.39, 0.29) is 25.7 Å². The van der Waals surface area contributed by atoms with E-state index in [1.165, 1.54) is 231 Å². The quantitative estimate of drug-likeness (QED) is 0.0222. The van der Waals surface area contributed by atoms with Crippen LogP contribution in [0.15, 0.2) is 0 Å². The van der Waals surface area contributed by atoms with Gasteiger partial charge in [-0.15, -0.1) is 0 Å². The van der Waals surface area contributed by atoms with Gasteiger partial charge in [-0.1, -0.05) is 363 Å². The van der Waals surface area contributed by atoms with Crippen LogP contribution in [0.4, 0.5) is 0 Å². The maximum Gasteiger partial charge on any atom is 0.472 e. The number of hydrogen-bond donors (Lipinski definition) is 3. The zero-order chi connectivity index (χ0) is 72.1. The van der Waals surface area contributed by atoms with Gasteiger partial charge in [-0.05, 0) is 37.5 Å². The maximum atomic E-state index is 13.1. The first kappa shape index (κ1) is 96.1. The summed E-state index contributed by atoms with van der Waals surface area (Å²) in [4.78, 5) is 72.9. The molecular weight excluding hydrogens is 1280 g/mol. The summed E-state index contributed by atoms with van der Waals surface area (Å²) in [6, 6.07) is 0. The molecule has 0 aromatic rings. The summed E-state index contributed by atoms with van der Waals surface area (Å²) >= 11 is 0. The highest BCUT2D eigenvalue weighted by atomic mass is 31.2. The van der Waals surface area contributed by atoms with Crippen LogP contribution in [0.5, 0.6) is 0 Å². The van der Waals surface area contributed by atoms with Gasteiger partial charge in [0.1, 0.15) is 19.3 Å². The number of ether oxygens (including phenoxy) is 4. The maximum absolute atomic E-state index is 13.1. The molecule has 582 valence electrons. The molecule has 0 amide bonds. The Morgan fingerprint density at radius 2 is 0.520 bits per heavy atom. The first-order valence-electron chi connectivity index (χ1n) is 41.0. The van der Waals surface area contributed by atoms with Gasteiger partial charge in [-0.2, -0.15) is 0 Å². The van der Waals surface area contributed by atoms with Gasteiger partial charge in [0.15, 0.2) is 12.2 Å². The van der Waals surface area contributed by atoms with Crippen LogP contribution in [0.2, 0.25) is 0 Å². The third kappa shape index (κ3) is 71.1. The molecule has 0 aliphatic rings. The highest BCUT2D eigenvalue weighted by molar-refractivity contribution is 7.47. The van der Waals surface area contributed by atoms with Crippen molar-refractivity contribution in [3.8, 4) is 0 Å². The van der Waals surface area contributed by atoms with E-state index in [1.807, 2.05) is 0 Å². The Hall–Kier alpha value is -1.94. The van der Waals surface area contributed by atoms with Gasteiger partial charge in [0.05, 0.1) is 26.4 Å². The van der Waals surface area contributed by atoms with Crippen molar-refractivity contribution >= 4 is 39.5 Å². The minimum Gasteiger partial charge on any atom is -0.462 e. The lowest BCUT2D eigenvalue weighted by Crippen LogP contribution is -2.30. The van der Waals surface area contributed by atoms with Crippen LogP contribution < -0.4 is 0 Å². The third-order valence-electron chi connectivity index (χ3n) is 18.8. The van der Waals surface area contributed by atoms with Crippen LogP contribution >= 0.6 is 15.6 Å². The highest BCUT2D eigenvalue weighted by Crippen LogP contribution is 2.45. The van der Waals surface area contributed by atoms with Crippen molar-refractivity contribution in [2.75, 3.05) is 39.6 Å². The minimum absolute atomic E-state index is 0.105. The van der Waals surface area contributed by atoms with E-state index in [0.717, 1.165) is 102 Å². The lowest BCUT2D eigenvalue weighted by atomic mass is 9.99. The van der Waals surface area contributed by atoms with Gasteiger partial charge in [0, 0.05) is 25.7 Å². The molecule has 0 saturated heterocycles. The Morgan fingerprint density at radius 3 is 0.776 bits per heavy atom. The van der Waals surface area contributed by atoms with E-state index in [9.17, 15) is 43.2 Å². The van der Waals surface area contributed by atoms with Crippen LogP contribution in [0.25, 0.3) is 0 Å². The summed E-state index contributed by atoms with van der Waals surface area (Å²) in [5, 5.41) is 10.6. The fraction of sp³-hybridized carbons (Fsp3) is 0.949. The molecule has 0 fully saturated rings. The molecule has 6 atom stereocenters. The number of esters is 4. The lowest BCUT2D eigenvalue weighted by molar-refractivity contribution is -0.161. The molecule has 0 rings (SSSR count). The van der Waals surface area contributed by atoms with Gasteiger partial charge in [0.2, 0.25) is 0 Å². The van der Waals surface area contributed by atoms with Crippen molar-refractivity contribution in [1.82, 2.24) is 0 Å². The van der Waals surface area contributed by atoms with Gasteiger partial charge >= 0.3 is 39.5 Å². The number of carbonyl (C=O) groups excluding carboxylic acids is 4. The predicted octanol–water partition coefficient (Wildman–Crippen LogP) is 23.5. The minimum atomic E-state index is -4.96. The molecule has 0 heterocycles. The van der Waals surface area contributed by atoms with Crippen LogP contribution in [0.1, 0.15) is 414 Å². The van der Waals surface area contributed by atoms with Gasteiger partial charge in [-0.25, -0.2) is 9.13 Å². The van der Waals surface area contributed by atoms with Crippen LogP contribution in [-0.4, -0.2) is 96.7 Å². The molecule has 0 bridgehead atoms. The molecule has 19 heteroatoms. The predicted molar refractivity (Wildman–Crippen MR) is 400 cm³/mol. The summed E-state index contributed by atoms with van der Waals surface area (Å²) in [6.07, 6.45) is 59.7. The molecular formula is C79H154O17P2. The Morgan fingerprint density at radius 1 is 0.296 bits per heavy atom. The number of phosphoric acid groups is 2. The molecule has 0 spiro atoms. The number of rotatable bonds is 78. The first-order valence-corrected chi connectivity index (χ1v) is 44.0. The molecule has 0 saturated carbocycles. The van der Waals surface area contributed by atoms with Crippen LogP contribution in [-0.2, 0) is 65.4 Å². The van der Waals surface area contributed by atoms with Crippen molar-refractivity contribution < 1.29 is 80.2 Å². The second-order valence-electron chi connectivity index (χ2n) is 29.2. The topological polar surface area (TPSA) is 237 Å². The van der Waals surface area contributed by atoms with E-state index in [2.05, 4.69) is 41.5 Å². The number of phosphoric ester groups is 2. The molecule has 0 aliphatic carbocycles. The second-order valence-corrected chi connectivity index (χ2v) is 32.1. The number of unbranched alkanes of at least 4 members (excludes halogenated alkanes) is 47. The molecule has 17 nitrogen and oxygen atoms in total. The molecule has 0 aromatic carbocycles. The summed E-state index contributed by atoms with van der Waals surface area (Å²) < 4.78 is 68.6. The standard InChI is InChI=1S/C79H154O17P2/c1-7-10-12-14-16-18-20-22-24-26-28-30-32-34-36-45-51-57-63-78(83)95-74(67-89-76(81)61-55-49-43-35-33-31-29-27-25-23-21-19-17-15-13-11-8-2)69-93-97(85,86)91-65-73(80)66-92-98(87,88)94-70-75(68-90-77(82)62-56-50-44-39-37-41-47-53-59-71(4)5)96-79(84)64-58-52-46-40-38-42-48-54-60-72(6)9-3/h71-75,80H,7-70H2,1-6H3,(H,85,86)(H,87,88)/t72?,73-,74-,75-/m1/s1. The molecule has 0 aromatic heterocycles. The van der Waals surface area contributed by atoms with E-state index in [0.29, 0.717) is 25.7 Å². The highest BCUT2D eigenvalue weighted by Gasteiger charge is 2.30. The van der Waals surface area contributed by atoms with Gasteiger partial charge in [-0.3, -0.25) is 37.3 Å². The monoisotopic (exact) mass is 1440 g/mol. The van der Waals surface area contributed by atoms with Crippen LogP contribution in [0, 0.1) is 11.8 Å². The van der Waals surface area contributed by atoms with E-state index < -0.39 is 97.5 Å². The van der Waals surface area contributed by atoms with Gasteiger partial charge < -0.3 is 33.8 Å². The molecule has 98 heavy (non-hydrogen) atoms. The fourth-order valence-corrected chi connectivity index (χ4v) is 13.7. The van der Waals surface area contributed by atoms with E-state index in [1.54, 1.807) is 0 Å². The lowest BCUT2D eigenvalue weighted by Gasteiger charge is -2.21. The Labute approximate surface area is 600 Å². The summed E-state index contributed by atoms with van der Waals surface area (Å²) in [5.74, 6) is -0.617.